The highest BCUT2D eigenvalue weighted by atomic mass is 16.6. The first kappa shape index (κ1) is 14.9. The van der Waals surface area contributed by atoms with Crippen LogP contribution in [0.3, 0.4) is 0 Å². The van der Waals surface area contributed by atoms with Gasteiger partial charge < -0.3 is 9.64 Å². The van der Waals surface area contributed by atoms with E-state index in [4.69, 9.17) is 4.74 Å². The molecule has 0 radical (unpaired) electrons. The summed E-state index contributed by atoms with van der Waals surface area (Å²) in [7, 11) is 0. The molecule has 3 rings (SSSR count). The first-order valence-corrected chi connectivity index (χ1v) is 7.92. The van der Waals surface area contributed by atoms with Crippen molar-refractivity contribution < 1.29 is 9.53 Å². The molecule has 0 bridgehead atoms. The van der Waals surface area contributed by atoms with E-state index in [-0.39, 0.29) is 0 Å². The Morgan fingerprint density at radius 3 is 2.50 bits per heavy atom. The van der Waals surface area contributed by atoms with Crippen molar-refractivity contribution in [2.45, 2.75) is 45.6 Å². The van der Waals surface area contributed by atoms with Gasteiger partial charge in [-0.05, 0) is 52.2 Å². The summed E-state index contributed by atoms with van der Waals surface area (Å²) in [6.07, 6.45) is 3.19. The van der Waals surface area contributed by atoms with Gasteiger partial charge in [0.15, 0.2) is 5.82 Å². The monoisotopic (exact) mass is 301 g/mol. The summed E-state index contributed by atoms with van der Waals surface area (Å²) in [4.78, 5) is 14.7. The van der Waals surface area contributed by atoms with E-state index in [0.717, 1.165) is 29.8 Å². The number of carbonyl (C=O) groups excluding carboxylic acids is 1. The second-order valence-electron chi connectivity index (χ2n) is 6.78. The van der Waals surface area contributed by atoms with E-state index in [1.165, 1.54) is 23.9 Å². The molecule has 2 aromatic rings. The number of carbonyl (C=O) groups is 1. The fourth-order valence-electron chi connectivity index (χ4n) is 2.83. The third-order valence-electron chi connectivity index (χ3n) is 3.79. The maximum absolute atomic E-state index is 12.4. The molecule has 22 heavy (non-hydrogen) atoms. The highest BCUT2D eigenvalue weighted by Gasteiger charge is 2.24. The van der Waals surface area contributed by atoms with Gasteiger partial charge in [-0.15, -0.1) is 5.10 Å². The average Bonchev–Trinajstić information content (AvgIpc) is 2.86. The van der Waals surface area contributed by atoms with E-state index in [1.807, 2.05) is 45.0 Å². The molecule has 1 aliphatic rings. The van der Waals surface area contributed by atoms with Crippen molar-refractivity contribution in [3.8, 4) is 0 Å². The number of rotatable bonds is 1. The van der Waals surface area contributed by atoms with Crippen LogP contribution < -0.4 is 4.90 Å². The van der Waals surface area contributed by atoms with Crippen LogP contribution >= 0.6 is 0 Å². The minimum atomic E-state index is -0.532. The first-order chi connectivity index (χ1) is 10.5. The van der Waals surface area contributed by atoms with Crippen molar-refractivity contribution in [1.29, 1.82) is 0 Å². The standard InChI is InChI=1S/C17H23N3O2/c1-17(2,3)22-16(21)20-14-10-6-5-9-13(14)15(18-20)19-11-7-4-8-12-19/h5-6,9-10H,4,7-8,11-12H2,1-3H3. The minimum absolute atomic E-state index is 0.424. The van der Waals surface area contributed by atoms with Crippen LogP contribution in [-0.4, -0.2) is 34.6 Å². The van der Waals surface area contributed by atoms with Crippen LogP contribution in [0.15, 0.2) is 24.3 Å². The molecule has 1 fully saturated rings. The quantitative estimate of drug-likeness (QED) is 0.803. The summed E-state index contributed by atoms with van der Waals surface area (Å²) in [5.41, 5.74) is 0.271. The number of fused-ring (bicyclic) bond motifs is 1. The number of nitrogens with zero attached hydrogens (tertiary/aromatic N) is 3. The number of ether oxygens (including phenoxy) is 1. The fraction of sp³-hybridized carbons (Fsp3) is 0.529. The number of anilines is 1. The third kappa shape index (κ3) is 2.93. The van der Waals surface area contributed by atoms with Crippen molar-refractivity contribution in [1.82, 2.24) is 9.78 Å². The molecule has 0 atom stereocenters. The Hall–Kier alpha value is -2.04. The van der Waals surface area contributed by atoms with Crippen LogP contribution in [0.1, 0.15) is 40.0 Å². The van der Waals surface area contributed by atoms with E-state index in [1.54, 1.807) is 0 Å². The molecule has 1 aromatic heterocycles. The predicted octanol–water partition coefficient (Wildman–Crippen LogP) is 3.81. The van der Waals surface area contributed by atoms with E-state index in [9.17, 15) is 4.79 Å². The van der Waals surface area contributed by atoms with Crippen LogP contribution in [-0.2, 0) is 4.74 Å². The maximum atomic E-state index is 12.4. The number of hydrogen-bond acceptors (Lipinski definition) is 4. The molecule has 118 valence electrons. The lowest BCUT2D eigenvalue weighted by Crippen LogP contribution is -2.31. The Morgan fingerprint density at radius 1 is 1.14 bits per heavy atom. The Labute approximate surface area is 130 Å². The van der Waals surface area contributed by atoms with Gasteiger partial charge in [-0.25, -0.2) is 4.79 Å². The molecule has 0 unspecified atom stereocenters. The van der Waals surface area contributed by atoms with Crippen LogP contribution in [0.4, 0.5) is 10.6 Å². The number of benzene rings is 1. The topological polar surface area (TPSA) is 47.4 Å². The van der Waals surface area contributed by atoms with Gasteiger partial charge in [-0.1, -0.05) is 12.1 Å². The van der Waals surface area contributed by atoms with Gasteiger partial charge in [-0.2, -0.15) is 4.68 Å². The number of hydrogen-bond donors (Lipinski definition) is 0. The number of para-hydroxylation sites is 1. The molecule has 0 amide bonds. The van der Waals surface area contributed by atoms with E-state index < -0.39 is 11.7 Å². The molecular formula is C17H23N3O2. The number of piperidine rings is 1. The molecule has 0 spiro atoms. The second kappa shape index (κ2) is 5.63. The highest BCUT2D eigenvalue weighted by Crippen LogP contribution is 2.28. The largest absolute Gasteiger partial charge is 0.442 e. The Bertz CT molecular complexity index is 679. The molecule has 5 heteroatoms. The maximum Gasteiger partial charge on any atom is 0.435 e. The molecule has 0 saturated carbocycles. The van der Waals surface area contributed by atoms with Crippen molar-refractivity contribution in [2.24, 2.45) is 0 Å². The van der Waals surface area contributed by atoms with Crippen LogP contribution in [0, 0.1) is 0 Å². The summed E-state index contributed by atoms with van der Waals surface area (Å²) >= 11 is 0. The van der Waals surface area contributed by atoms with Crippen LogP contribution in [0.25, 0.3) is 10.9 Å². The summed E-state index contributed by atoms with van der Waals surface area (Å²) < 4.78 is 6.87. The normalized spacial score (nSPS) is 16.0. The summed E-state index contributed by atoms with van der Waals surface area (Å²) in [6.45, 7) is 7.58. The fourth-order valence-corrected chi connectivity index (χ4v) is 2.83. The Balaban J connectivity index is 2.02. The molecule has 0 N–H and O–H groups in total. The second-order valence-corrected chi connectivity index (χ2v) is 6.78. The van der Waals surface area contributed by atoms with E-state index >= 15 is 0 Å². The summed E-state index contributed by atoms with van der Waals surface area (Å²) in [5.74, 6) is 0.890. The molecular weight excluding hydrogens is 278 g/mol. The lowest BCUT2D eigenvalue weighted by Gasteiger charge is -2.26. The molecule has 5 nitrogen and oxygen atoms in total. The van der Waals surface area contributed by atoms with Gasteiger partial charge in [0.05, 0.1) is 5.52 Å². The molecule has 1 saturated heterocycles. The Kier molecular flexibility index (Phi) is 3.81. The average molecular weight is 301 g/mol. The van der Waals surface area contributed by atoms with Crippen molar-refractivity contribution in [3.05, 3.63) is 24.3 Å². The van der Waals surface area contributed by atoms with Crippen LogP contribution in [0.5, 0.6) is 0 Å². The predicted molar refractivity (Wildman–Crippen MR) is 87.4 cm³/mol. The molecule has 0 aliphatic carbocycles. The third-order valence-corrected chi connectivity index (χ3v) is 3.79. The first-order valence-electron chi connectivity index (χ1n) is 7.92. The van der Waals surface area contributed by atoms with E-state index in [2.05, 4.69) is 10.00 Å². The molecule has 1 aliphatic heterocycles. The number of aromatic nitrogens is 2. The van der Waals surface area contributed by atoms with Gasteiger partial charge in [-0.3, -0.25) is 0 Å². The van der Waals surface area contributed by atoms with Gasteiger partial charge in [0.2, 0.25) is 0 Å². The zero-order chi connectivity index (χ0) is 15.7. The van der Waals surface area contributed by atoms with Crippen molar-refractivity contribution >= 4 is 22.8 Å². The zero-order valence-electron chi connectivity index (χ0n) is 13.5. The molecule has 2 heterocycles. The van der Waals surface area contributed by atoms with Gasteiger partial charge in [0.1, 0.15) is 5.60 Å². The SMILES string of the molecule is CC(C)(C)OC(=O)n1nc(N2CCCCC2)c2ccccc21. The highest BCUT2D eigenvalue weighted by molar-refractivity contribution is 5.95. The van der Waals surface area contributed by atoms with Gasteiger partial charge in [0.25, 0.3) is 0 Å². The summed E-state index contributed by atoms with van der Waals surface area (Å²) in [5, 5.41) is 5.57. The van der Waals surface area contributed by atoms with Gasteiger partial charge >= 0.3 is 6.09 Å². The minimum Gasteiger partial charge on any atom is -0.442 e. The van der Waals surface area contributed by atoms with Crippen molar-refractivity contribution in [2.75, 3.05) is 18.0 Å². The zero-order valence-corrected chi connectivity index (χ0v) is 13.5. The summed E-state index contributed by atoms with van der Waals surface area (Å²) in [6, 6.07) is 7.84. The molecule has 1 aromatic carbocycles. The lowest BCUT2D eigenvalue weighted by atomic mass is 10.1. The smallest absolute Gasteiger partial charge is 0.435 e. The lowest BCUT2D eigenvalue weighted by molar-refractivity contribution is 0.0523. The van der Waals surface area contributed by atoms with E-state index in [0.29, 0.717) is 0 Å². The van der Waals surface area contributed by atoms with Gasteiger partial charge in [0, 0.05) is 18.5 Å². The Morgan fingerprint density at radius 2 is 1.82 bits per heavy atom. The van der Waals surface area contributed by atoms with Crippen LogP contribution in [0.2, 0.25) is 0 Å². The van der Waals surface area contributed by atoms with Crippen molar-refractivity contribution in [3.63, 3.8) is 0 Å².